The molecule has 1 atom stereocenters. The number of aliphatic hydroxyl groups is 1. The molecule has 96 valence electrons. The Morgan fingerprint density at radius 3 is 2.78 bits per heavy atom. The third-order valence-corrected chi connectivity index (χ3v) is 2.47. The number of hydrogen-bond donors (Lipinski definition) is 1. The van der Waals surface area contributed by atoms with Crippen LogP contribution in [-0.4, -0.2) is 11.3 Å². The summed E-state index contributed by atoms with van der Waals surface area (Å²) in [5, 5.41) is 9.17. The van der Waals surface area contributed by atoms with E-state index in [0.29, 0.717) is 6.42 Å². The van der Waals surface area contributed by atoms with Crippen LogP contribution >= 0.6 is 0 Å². The molecule has 1 rings (SSSR count). The molecule has 18 heavy (non-hydrogen) atoms. The lowest BCUT2D eigenvalue weighted by molar-refractivity contribution is -0.160. The van der Waals surface area contributed by atoms with Gasteiger partial charge < -0.3 is 5.11 Å². The molecule has 1 nitrogen and oxygen atoms in total. The van der Waals surface area contributed by atoms with Crippen LogP contribution in [0.4, 0.5) is 13.2 Å². The zero-order chi connectivity index (χ0) is 13.6. The minimum absolute atomic E-state index is 0.0324. The molecule has 0 radical (unpaired) electrons. The molecule has 0 aliphatic heterocycles. The summed E-state index contributed by atoms with van der Waals surface area (Å²) >= 11 is 0. The van der Waals surface area contributed by atoms with Crippen LogP contribution in [0, 0.1) is 18.3 Å². The van der Waals surface area contributed by atoms with Crippen molar-refractivity contribution in [3.63, 3.8) is 0 Å². The van der Waals surface area contributed by atoms with E-state index in [1.165, 1.54) is 24.3 Å². The molecule has 1 aliphatic rings. The van der Waals surface area contributed by atoms with Gasteiger partial charge in [-0.3, -0.25) is 0 Å². The van der Waals surface area contributed by atoms with Crippen molar-refractivity contribution in [2.75, 3.05) is 0 Å². The van der Waals surface area contributed by atoms with E-state index in [0.717, 1.165) is 5.57 Å². The van der Waals surface area contributed by atoms with E-state index in [1.54, 1.807) is 12.2 Å². The van der Waals surface area contributed by atoms with Gasteiger partial charge in [0.1, 0.15) is 5.76 Å². The van der Waals surface area contributed by atoms with Crippen LogP contribution in [0.3, 0.4) is 0 Å². The molecule has 0 spiro atoms. The van der Waals surface area contributed by atoms with Gasteiger partial charge in [0.05, 0.1) is 5.92 Å². The minimum Gasteiger partial charge on any atom is -0.507 e. The van der Waals surface area contributed by atoms with Gasteiger partial charge in [0.15, 0.2) is 0 Å². The first kappa shape index (κ1) is 14.2. The molecule has 0 amide bonds. The highest BCUT2D eigenvalue weighted by Gasteiger charge is 2.37. The van der Waals surface area contributed by atoms with Crippen molar-refractivity contribution in [1.29, 1.82) is 0 Å². The number of terminal acetylenes is 1. The van der Waals surface area contributed by atoms with Crippen molar-refractivity contribution in [2.24, 2.45) is 5.92 Å². The van der Waals surface area contributed by atoms with Gasteiger partial charge in [0.25, 0.3) is 0 Å². The first-order valence-electron chi connectivity index (χ1n) is 5.39. The molecule has 4 heteroatoms. The summed E-state index contributed by atoms with van der Waals surface area (Å²) < 4.78 is 37.1. The van der Waals surface area contributed by atoms with E-state index < -0.39 is 12.1 Å². The highest BCUT2D eigenvalue weighted by atomic mass is 19.4. The molecule has 1 aliphatic carbocycles. The molecule has 0 aromatic rings. The molecule has 1 unspecified atom stereocenters. The van der Waals surface area contributed by atoms with Gasteiger partial charge in [-0.25, -0.2) is 0 Å². The highest BCUT2D eigenvalue weighted by Crippen LogP contribution is 2.33. The van der Waals surface area contributed by atoms with Crippen LogP contribution < -0.4 is 0 Å². The SMILES string of the molecule is C#C/C=C(O)\C=C/CC1=CCC(C(F)(F)F)C=C1. The molecule has 1 N–H and O–H groups in total. The Labute approximate surface area is 104 Å². The molecule has 0 bridgehead atoms. The molecular formula is C14H13F3O. The maximum absolute atomic E-state index is 12.4. The maximum atomic E-state index is 12.4. The van der Waals surface area contributed by atoms with E-state index in [-0.39, 0.29) is 12.2 Å². The van der Waals surface area contributed by atoms with E-state index in [9.17, 15) is 18.3 Å². The lowest BCUT2D eigenvalue weighted by Crippen LogP contribution is -2.21. The van der Waals surface area contributed by atoms with Gasteiger partial charge in [-0.05, 0) is 24.5 Å². The summed E-state index contributed by atoms with van der Waals surface area (Å²) in [6.07, 6.45) is 9.66. The Morgan fingerprint density at radius 2 is 2.28 bits per heavy atom. The van der Waals surface area contributed by atoms with Crippen LogP contribution in [0.1, 0.15) is 12.8 Å². The summed E-state index contributed by atoms with van der Waals surface area (Å²) in [4.78, 5) is 0. The number of hydrogen-bond acceptors (Lipinski definition) is 1. The van der Waals surface area contributed by atoms with Crippen LogP contribution in [-0.2, 0) is 0 Å². The fraction of sp³-hybridized carbons (Fsp3) is 0.286. The summed E-state index contributed by atoms with van der Waals surface area (Å²) in [6, 6.07) is 0. The molecule has 0 saturated heterocycles. The van der Waals surface area contributed by atoms with Crippen molar-refractivity contribution in [2.45, 2.75) is 19.0 Å². The Bertz CT molecular complexity index is 445. The third kappa shape index (κ3) is 4.54. The third-order valence-electron chi connectivity index (χ3n) is 2.47. The van der Waals surface area contributed by atoms with E-state index in [2.05, 4.69) is 5.92 Å². The van der Waals surface area contributed by atoms with Gasteiger partial charge in [-0.1, -0.05) is 30.2 Å². The standard InChI is InChI=1S/C14H13F3O/c1-2-4-13(18)6-3-5-11-7-9-12(10-8-11)14(15,16)17/h1,3-4,6-9,12,18H,5,10H2/b6-3-,13-4+. The van der Waals surface area contributed by atoms with Crippen molar-refractivity contribution in [3.05, 3.63) is 47.8 Å². The molecule has 0 aromatic carbocycles. The molecular weight excluding hydrogens is 241 g/mol. The number of halogens is 3. The molecule has 0 saturated carbocycles. The van der Waals surface area contributed by atoms with Gasteiger partial charge >= 0.3 is 6.18 Å². The molecule has 0 fully saturated rings. The first-order chi connectivity index (χ1) is 8.43. The van der Waals surface area contributed by atoms with Crippen LogP contribution in [0.5, 0.6) is 0 Å². The zero-order valence-corrected chi connectivity index (χ0v) is 9.61. The van der Waals surface area contributed by atoms with Gasteiger partial charge in [-0.15, -0.1) is 6.42 Å². The topological polar surface area (TPSA) is 20.2 Å². The predicted molar refractivity (Wildman–Crippen MR) is 64.7 cm³/mol. The summed E-state index contributed by atoms with van der Waals surface area (Å²) in [5.41, 5.74) is 0.792. The number of rotatable bonds is 3. The summed E-state index contributed by atoms with van der Waals surface area (Å²) in [6.45, 7) is 0. The minimum atomic E-state index is -4.18. The number of alkyl halides is 3. The Balaban J connectivity index is 2.50. The quantitative estimate of drug-likeness (QED) is 0.457. The number of allylic oxidation sites excluding steroid dienone is 7. The average molecular weight is 254 g/mol. The normalized spacial score (nSPS) is 20.9. The van der Waals surface area contributed by atoms with E-state index in [1.807, 2.05) is 0 Å². The molecule has 0 heterocycles. The second kappa shape index (κ2) is 6.15. The number of aliphatic hydroxyl groups excluding tert-OH is 1. The highest BCUT2D eigenvalue weighted by molar-refractivity contribution is 5.28. The Morgan fingerprint density at radius 1 is 1.56 bits per heavy atom. The van der Waals surface area contributed by atoms with Crippen LogP contribution in [0.25, 0.3) is 0 Å². The van der Waals surface area contributed by atoms with E-state index in [4.69, 9.17) is 6.42 Å². The zero-order valence-electron chi connectivity index (χ0n) is 9.61. The van der Waals surface area contributed by atoms with Gasteiger partial charge in [0, 0.05) is 6.08 Å². The Kier molecular flexibility index (Phi) is 4.85. The maximum Gasteiger partial charge on any atom is 0.395 e. The fourth-order valence-corrected chi connectivity index (χ4v) is 1.51. The lowest BCUT2D eigenvalue weighted by Gasteiger charge is -2.18. The fourth-order valence-electron chi connectivity index (χ4n) is 1.51. The smallest absolute Gasteiger partial charge is 0.395 e. The van der Waals surface area contributed by atoms with Gasteiger partial charge in [-0.2, -0.15) is 13.2 Å². The first-order valence-corrected chi connectivity index (χ1v) is 5.39. The van der Waals surface area contributed by atoms with Crippen molar-refractivity contribution in [3.8, 4) is 12.3 Å². The van der Waals surface area contributed by atoms with Crippen molar-refractivity contribution in [1.82, 2.24) is 0 Å². The predicted octanol–water partition coefficient (Wildman–Crippen LogP) is 4.07. The van der Waals surface area contributed by atoms with Crippen molar-refractivity contribution < 1.29 is 18.3 Å². The second-order valence-electron chi connectivity index (χ2n) is 3.86. The average Bonchev–Trinajstić information content (AvgIpc) is 2.29. The Hall–Kier alpha value is -1.89. The molecule has 0 aromatic heterocycles. The van der Waals surface area contributed by atoms with Crippen LogP contribution in [0.2, 0.25) is 0 Å². The summed E-state index contributed by atoms with van der Waals surface area (Å²) in [5.74, 6) is 0.723. The second-order valence-corrected chi connectivity index (χ2v) is 3.86. The lowest BCUT2D eigenvalue weighted by atomic mass is 9.95. The van der Waals surface area contributed by atoms with Gasteiger partial charge in [0.2, 0.25) is 0 Å². The monoisotopic (exact) mass is 254 g/mol. The van der Waals surface area contributed by atoms with Crippen LogP contribution in [0.15, 0.2) is 47.8 Å². The van der Waals surface area contributed by atoms with Crippen molar-refractivity contribution >= 4 is 0 Å². The summed E-state index contributed by atoms with van der Waals surface area (Å²) in [7, 11) is 0. The van der Waals surface area contributed by atoms with E-state index >= 15 is 0 Å². The largest absolute Gasteiger partial charge is 0.507 e.